The zero-order valence-corrected chi connectivity index (χ0v) is 10.4. The maximum Gasteiger partial charge on any atom is 0.327 e. The van der Waals surface area contributed by atoms with Gasteiger partial charge in [-0.1, -0.05) is 22.7 Å². The number of aliphatic hydroxyl groups is 1. The maximum atomic E-state index is 12.1. The lowest BCUT2D eigenvalue weighted by Gasteiger charge is -2.24. The van der Waals surface area contributed by atoms with E-state index in [1.165, 1.54) is 24.3 Å². The molecule has 0 aromatic heterocycles. The number of rotatable bonds is 6. The molecule has 0 bridgehead atoms. The number of carbonyl (C=O) groups is 1. The smallest absolute Gasteiger partial charge is 0.327 e. The van der Waals surface area contributed by atoms with Crippen LogP contribution in [0.15, 0.2) is 35.2 Å². The Morgan fingerprint density at radius 3 is 2.33 bits per heavy atom. The predicted molar refractivity (Wildman–Crippen MR) is 61.0 cm³/mol. The molecule has 1 aromatic carbocycles. The molecular weight excluding hydrogens is 262 g/mol. The number of sulfonamides is 1. The first-order valence-electron chi connectivity index (χ1n) is 4.92. The highest BCUT2D eigenvalue weighted by Gasteiger charge is 2.36. The van der Waals surface area contributed by atoms with Crippen molar-refractivity contribution < 1.29 is 28.3 Å². The van der Waals surface area contributed by atoms with Crippen molar-refractivity contribution in [2.75, 3.05) is 13.7 Å². The van der Waals surface area contributed by atoms with Gasteiger partial charge < -0.3 is 10.2 Å². The average Bonchev–Trinajstić information content (AvgIpc) is 2.36. The van der Waals surface area contributed by atoms with E-state index in [0.29, 0.717) is 0 Å². The Hall–Kier alpha value is -1.48. The van der Waals surface area contributed by atoms with Crippen molar-refractivity contribution in [3.05, 3.63) is 30.3 Å². The number of hydrogen-bond acceptors (Lipinski definition) is 5. The van der Waals surface area contributed by atoms with Gasteiger partial charge in [0.1, 0.15) is 0 Å². The molecule has 7 nitrogen and oxygen atoms in total. The van der Waals surface area contributed by atoms with E-state index in [9.17, 15) is 13.2 Å². The third-order valence-corrected chi connectivity index (χ3v) is 3.92. The molecular formula is C10H13NO6S. The fraction of sp³-hybridized carbons (Fsp3) is 0.300. The summed E-state index contributed by atoms with van der Waals surface area (Å²) in [6, 6.07) is 5.53. The van der Waals surface area contributed by atoms with Crippen molar-refractivity contribution in [2.45, 2.75) is 10.9 Å². The van der Waals surface area contributed by atoms with Gasteiger partial charge in [-0.2, -0.15) is 0 Å². The molecule has 0 heterocycles. The minimum Gasteiger partial charge on any atom is -0.480 e. The average molecular weight is 275 g/mol. The molecule has 18 heavy (non-hydrogen) atoms. The van der Waals surface area contributed by atoms with Crippen LogP contribution in [-0.2, 0) is 19.7 Å². The molecule has 0 fully saturated rings. The number of nitrogens with zero attached hydrogens (tertiary/aromatic N) is 1. The molecule has 1 aromatic rings. The Labute approximate surface area is 104 Å². The minimum absolute atomic E-state index is 0.119. The maximum absolute atomic E-state index is 12.1. The summed E-state index contributed by atoms with van der Waals surface area (Å²) in [7, 11) is -3.12. The van der Waals surface area contributed by atoms with E-state index in [0.717, 1.165) is 7.11 Å². The summed E-state index contributed by atoms with van der Waals surface area (Å²) < 4.78 is 24.5. The van der Waals surface area contributed by atoms with Crippen LogP contribution in [0.5, 0.6) is 0 Å². The molecule has 1 atom stereocenters. The van der Waals surface area contributed by atoms with E-state index in [4.69, 9.17) is 10.2 Å². The first-order valence-corrected chi connectivity index (χ1v) is 6.36. The predicted octanol–water partition coefficient (Wildman–Crippen LogP) is -0.316. The highest BCUT2D eigenvalue weighted by atomic mass is 32.2. The normalized spacial score (nSPS) is 13.5. The van der Waals surface area contributed by atoms with E-state index >= 15 is 0 Å². The Morgan fingerprint density at radius 1 is 1.39 bits per heavy atom. The lowest BCUT2D eigenvalue weighted by atomic mass is 10.3. The van der Waals surface area contributed by atoms with Crippen LogP contribution in [0.4, 0.5) is 0 Å². The van der Waals surface area contributed by atoms with Crippen LogP contribution in [0.1, 0.15) is 0 Å². The number of benzene rings is 1. The third-order valence-electron chi connectivity index (χ3n) is 2.17. The molecule has 1 rings (SSSR count). The summed E-state index contributed by atoms with van der Waals surface area (Å²) in [6.07, 6.45) is 0. The van der Waals surface area contributed by atoms with Crippen LogP contribution < -0.4 is 0 Å². The van der Waals surface area contributed by atoms with E-state index in [2.05, 4.69) is 4.84 Å². The Balaban J connectivity index is 3.20. The van der Waals surface area contributed by atoms with E-state index in [1.807, 2.05) is 0 Å². The van der Waals surface area contributed by atoms with Crippen molar-refractivity contribution in [1.29, 1.82) is 0 Å². The molecule has 8 heteroatoms. The molecule has 0 aliphatic heterocycles. The summed E-state index contributed by atoms with van der Waals surface area (Å²) >= 11 is 0. The number of aliphatic hydroxyl groups excluding tert-OH is 1. The van der Waals surface area contributed by atoms with Crippen LogP contribution in [-0.4, -0.2) is 48.8 Å². The summed E-state index contributed by atoms with van der Waals surface area (Å²) in [5.41, 5.74) is 0. The lowest BCUT2D eigenvalue weighted by molar-refractivity contribution is -0.159. The van der Waals surface area contributed by atoms with E-state index in [1.54, 1.807) is 6.07 Å². The fourth-order valence-electron chi connectivity index (χ4n) is 1.32. The molecule has 0 aliphatic carbocycles. The molecule has 0 saturated heterocycles. The van der Waals surface area contributed by atoms with Crippen molar-refractivity contribution >= 4 is 16.0 Å². The van der Waals surface area contributed by atoms with Crippen molar-refractivity contribution in [3.8, 4) is 0 Å². The molecule has 0 saturated carbocycles. The van der Waals surface area contributed by atoms with Gasteiger partial charge in [0.2, 0.25) is 0 Å². The van der Waals surface area contributed by atoms with Gasteiger partial charge in [-0.3, -0.25) is 9.63 Å². The monoisotopic (exact) mass is 275 g/mol. The first kappa shape index (κ1) is 14.6. The van der Waals surface area contributed by atoms with E-state index < -0.39 is 28.6 Å². The molecule has 0 spiro atoms. The van der Waals surface area contributed by atoms with Crippen molar-refractivity contribution in [1.82, 2.24) is 4.47 Å². The zero-order chi connectivity index (χ0) is 13.8. The number of hydroxylamine groups is 1. The molecule has 1 unspecified atom stereocenters. The van der Waals surface area contributed by atoms with Gasteiger partial charge in [-0.05, 0) is 12.1 Å². The second-order valence-corrected chi connectivity index (χ2v) is 5.07. The van der Waals surface area contributed by atoms with Crippen LogP contribution in [0.25, 0.3) is 0 Å². The number of carboxylic acids is 1. The Morgan fingerprint density at radius 2 is 1.94 bits per heavy atom. The largest absolute Gasteiger partial charge is 0.480 e. The second kappa shape index (κ2) is 5.91. The fourth-order valence-corrected chi connectivity index (χ4v) is 2.72. The van der Waals surface area contributed by atoms with Gasteiger partial charge in [0, 0.05) is 0 Å². The van der Waals surface area contributed by atoms with Crippen molar-refractivity contribution in [3.63, 3.8) is 0 Å². The molecule has 100 valence electrons. The summed E-state index contributed by atoms with van der Waals surface area (Å²) in [4.78, 5) is 15.3. The van der Waals surface area contributed by atoms with Gasteiger partial charge >= 0.3 is 5.97 Å². The Kier molecular flexibility index (Phi) is 4.79. The van der Waals surface area contributed by atoms with Gasteiger partial charge in [0.05, 0.1) is 18.6 Å². The standard InChI is InChI=1S/C10H13NO6S/c1-17-11(9(7-12)10(13)14)18(15,16)8-5-3-2-4-6-8/h2-6,9,12H,7H2,1H3,(H,13,14). The number of hydrogen-bond donors (Lipinski definition) is 2. The SMILES string of the molecule is CON(C(CO)C(=O)O)S(=O)(=O)c1ccccc1. The first-order chi connectivity index (χ1) is 8.45. The summed E-state index contributed by atoms with van der Waals surface area (Å²) in [6.45, 7) is -0.894. The number of aliphatic carboxylic acids is 1. The van der Waals surface area contributed by atoms with Crippen LogP contribution in [0.2, 0.25) is 0 Å². The van der Waals surface area contributed by atoms with Crippen LogP contribution >= 0.6 is 0 Å². The molecule has 0 amide bonds. The zero-order valence-electron chi connectivity index (χ0n) is 9.55. The van der Waals surface area contributed by atoms with Gasteiger partial charge in [-0.15, -0.1) is 0 Å². The molecule has 0 radical (unpaired) electrons. The molecule has 2 N–H and O–H groups in total. The minimum atomic E-state index is -4.14. The van der Waals surface area contributed by atoms with Gasteiger partial charge in [-0.25, -0.2) is 8.42 Å². The highest BCUT2D eigenvalue weighted by Crippen LogP contribution is 2.18. The number of carboxylic acid groups (broad SMARTS) is 1. The molecule has 0 aliphatic rings. The van der Waals surface area contributed by atoms with Crippen LogP contribution in [0.3, 0.4) is 0 Å². The van der Waals surface area contributed by atoms with Crippen LogP contribution in [0, 0.1) is 0 Å². The van der Waals surface area contributed by atoms with Gasteiger partial charge in [0.15, 0.2) is 6.04 Å². The second-order valence-electron chi connectivity index (χ2n) is 3.29. The topological polar surface area (TPSA) is 104 Å². The lowest BCUT2D eigenvalue weighted by Crippen LogP contribution is -2.46. The third kappa shape index (κ3) is 2.85. The van der Waals surface area contributed by atoms with E-state index in [-0.39, 0.29) is 9.36 Å². The Bertz CT molecular complexity index is 500. The van der Waals surface area contributed by atoms with Gasteiger partial charge in [0.25, 0.3) is 10.0 Å². The summed E-state index contributed by atoms with van der Waals surface area (Å²) in [5.74, 6) is -1.50. The summed E-state index contributed by atoms with van der Waals surface area (Å²) in [5, 5.41) is 17.8. The van der Waals surface area contributed by atoms with Crippen molar-refractivity contribution in [2.24, 2.45) is 0 Å². The quantitative estimate of drug-likeness (QED) is 0.690. The highest BCUT2D eigenvalue weighted by molar-refractivity contribution is 7.89.